The summed E-state index contributed by atoms with van der Waals surface area (Å²) in [4.78, 5) is 16.3. The second kappa shape index (κ2) is 5.40. The highest BCUT2D eigenvalue weighted by molar-refractivity contribution is 5.88. The third kappa shape index (κ3) is 2.52. The van der Waals surface area contributed by atoms with Gasteiger partial charge in [-0.1, -0.05) is 35.9 Å². The standard InChI is InChI=1S/C17H16N2O2/c1-12-6-8-13(9-7-12)10-16-18-11-14-4-3-5-15(19(14)16)17(20)21-2/h3-9,11H,10H2,1-2H3. The normalized spacial score (nSPS) is 10.8. The molecule has 0 fully saturated rings. The van der Waals surface area contributed by atoms with Gasteiger partial charge in [-0.25, -0.2) is 9.78 Å². The first kappa shape index (κ1) is 13.4. The lowest BCUT2D eigenvalue weighted by Crippen LogP contribution is -2.10. The number of hydrogen-bond acceptors (Lipinski definition) is 3. The van der Waals surface area contributed by atoms with Gasteiger partial charge in [0.1, 0.15) is 11.5 Å². The van der Waals surface area contributed by atoms with Crippen molar-refractivity contribution in [3.05, 3.63) is 71.3 Å². The molecule has 106 valence electrons. The van der Waals surface area contributed by atoms with E-state index in [1.165, 1.54) is 12.7 Å². The Labute approximate surface area is 123 Å². The summed E-state index contributed by atoms with van der Waals surface area (Å²) in [6, 6.07) is 13.8. The summed E-state index contributed by atoms with van der Waals surface area (Å²) in [5, 5.41) is 0. The molecule has 0 aliphatic heterocycles. The number of esters is 1. The van der Waals surface area contributed by atoms with Crippen molar-refractivity contribution in [1.29, 1.82) is 0 Å². The first-order chi connectivity index (χ1) is 10.2. The van der Waals surface area contributed by atoms with Crippen LogP contribution in [0.1, 0.15) is 27.4 Å². The second-order valence-electron chi connectivity index (χ2n) is 5.00. The van der Waals surface area contributed by atoms with Crippen LogP contribution in [0.15, 0.2) is 48.7 Å². The molecule has 2 aromatic heterocycles. The zero-order valence-electron chi connectivity index (χ0n) is 12.0. The molecule has 0 saturated heterocycles. The van der Waals surface area contributed by atoms with Crippen LogP contribution in [0, 0.1) is 6.92 Å². The van der Waals surface area contributed by atoms with Crippen LogP contribution in [-0.2, 0) is 11.2 Å². The van der Waals surface area contributed by atoms with Crippen molar-refractivity contribution in [2.75, 3.05) is 7.11 Å². The maximum Gasteiger partial charge on any atom is 0.355 e. The SMILES string of the molecule is COC(=O)c1cccc2cnc(Cc3ccc(C)cc3)n12. The first-order valence-electron chi connectivity index (χ1n) is 6.78. The summed E-state index contributed by atoms with van der Waals surface area (Å²) < 4.78 is 6.70. The van der Waals surface area contributed by atoms with Crippen LogP contribution in [0.25, 0.3) is 5.52 Å². The summed E-state index contributed by atoms with van der Waals surface area (Å²) in [5.41, 5.74) is 3.77. The molecule has 0 unspecified atom stereocenters. The van der Waals surface area contributed by atoms with E-state index < -0.39 is 0 Å². The van der Waals surface area contributed by atoms with Gasteiger partial charge >= 0.3 is 5.97 Å². The number of fused-ring (bicyclic) bond motifs is 1. The van der Waals surface area contributed by atoms with Crippen LogP contribution in [0.3, 0.4) is 0 Å². The van der Waals surface area contributed by atoms with Gasteiger partial charge in [0.15, 0.2) is 0 Å². The van der Waals surface area contributed by atoms with Gasteiger partial charge in [-0.15, -0.1) is 0 Å². The highest BCUT2D eigenvalue weighted by Gasteiger charge is 2.14. The predicted molar refractivity (Wildman–Crippen MR) is 80.5 cm³/mol. The number of carbonyl (C=O) groups is 1. The number of hydrogen-bond donors (Lipinski definition) is 0. The van der Waals surface area contributed by atoms with E-state index in [-0.39, 0.29) is 5.97 Å². The number of benzene rings is 1. The van der Waals surface area contributed by atoms with E-state index in [9.17, 15) is 4.79 Å². The number of aromatic nitrogens is 2. The minimum atomic E-state index is -0.358. The average Bonchev–Trinajstić information content (AvgIpc) is 2.92. The Bertz CT molecular complexity index is 788. The molecule has 0 spiro atoms. The van der Waals surface area contributed by atoms with E-state index in [1.54, 1.807) is 12.3 Å². The Hall–Kier alpha value is -2.62. The van der Waals surface area contributed by atoms with Gasteiger partial charge < -0.3 is 4.74 Å². The van der Waals surface area contributed by atoms with Gasteiger partial charge in [0, 0.05) is 6.42 Å². The second-order valence-corrected chi connectivity index (χ2v) is 5.00. The van der Waals surface area contributed by atoms with Gasteiger partial charge in [-0.3, -0.25) is 4.40 Å². The van der Waals surface area contributed by atoms with Crippen molar-refractivity contribution in [2.45, 2.75) is 13.3 Å². The lowest BCUT2D eigenvalue weighted by Gasteiger charge is -2.07. The smallest absolute Gasteiger partial charge is 0.355 e. The number of aryl methyl sites for hydroxylation is 1. The van der Waals surface area contributed by atoms with Crippen LogP contribution in [-0.4, -0.2) is 22.5 Å². The van der Waals surface area contributed by atoms with Crippen molar-refractivity contribution in [3.8, 4) is 0 Å². The molecule has 1 aromatic carbocycles. The number of ether oxygens (including phenoxy) is 1. The van der Waals surface area contributed by atoms with E-state index in [0.29, 0.717) is 12.1 Å². The monoisotopic (exact) mass is 280 g/mol. The van der Waals surface area contributed by atoms with Gasteiger partial charge in [0.2, 0.25) is 0 Å². The van der Waals surface area contributed by atoms with Gasteiger partial charge in [0.25, 0.3) is 0 Å². The molecule has 0 N–H and O–H groups in total. The molecule has 0 amide bonds. The Morgan fingerprint density at radius 3 is 2.67 bits per heavy atom. The molecule has 0 aliphatic rings. The lowest BCUT2D eigenvalue weighted by molar-refractivity contribution is 0.0592. The Morgan fingerprint density at radius 2 is 1.95 bits per heavy atom. The highest BCUT2D eigenvalue weighted by atomic mass is 16.5. The third-order valence-corrected chi connectivity index (χ3v) is 3.50. The molecule has 4 nitrogen and oxygen atoms in total. The van der Waals surface area contributed by atoms with Crippen molar-refractivity contribution >= 4 is 11.5 Å². The summed E-state index contributed by atoms with van der Waals surface area (Å²) in [6.45, 7) is 2.06. The number of methoxy groups -OCH3 is 1. The fourth-order valence-electron chi connectivity index (χ4n) is 2.39. The molecule has 0 bridgehead atoms. The van der Waals surface area contributed by atoms with Crippen molar-refractivity contribution in [3.63, 3.8) is 0 Å². The van der Waals surface area contributed by atoms with Gasteiger partial charge in [-0.05, 0) is 24.6 Å². The number of pyridine rings is 1. The number of rotatable bonds is 3. The average molecular weight is 280 g/mol. The van der Waals surface area contributed by atoms with E-state index in [2.05, 4.69) is 36.2 Å². The maximum absolute atomic E-state index is 11.9. The number of carbonyl (C=O) groups excluding carboxylic acids is 1. The lowest BCUT2D eigenvalue weighted by atomic mass is 10.1. The fourth-order valence-corrected chi connectivity index (χ4v) is 2.39. The summed E-state index contributed by atoms with van der Waals surface area (Å²) in [5.74, 6) is 0.471. The van der Waals surface area contributed by atoms with Crippen molar-refractivity contribution < 1.29 is 9.53 Å². The van der Waals surface area contributed by atoms with Crippen LogP contribution >= 0.6 is 0 Å². The predicted octanol–water partition coefficient (Wildman–Crippen LogP) is 3.02. The van der Waals surface area contributed by atoms with Crippen molar-refractivity contribution in [1.82, 2.24) is 9.38 Å². The minimum absolute atomic E-state index is 0.358. The summed E-state index contributed by atoms with van der Waals surface area (Å²) in [7, 11) is 1.39. The molecule has 0 aliphatic carbocycles. The van der Waals surface area contributed by atoms with E-state index in [4.69, 9.17) is 4.74 Å². The summed E-state index contributed by atoms with van der Waals surface area (Å²) in [6.07, 6.45) is 2.44. The molecule has 3 aromatic rings. The van der Waals surface area contributed by atoms with Crippen LogP contribution in [0.2, 0.25) is 0 Å². The maximum atomic E-state index is 11.9. The largest absolute Gasteiger partial charge is 0.464 e. The fraction of sp³-hybridized carbons (Fsp3) is 0.176. The molecular weight excluding hydrogens is 264 g/mol. The van der Waals surface area contributed by atoms with Crippen molar-refractivity contribution in [2.24, 2.45) is 0 Å². The number of imidazole rings is 1. The van der Waals surface area contributed by atoms with E-state index >= 15 is 0 Å². The van der Waals surface area contributed by atoms with Crippen LogP contribution in [0.4, 0.5) is 0 Å². The highest BCUT2D eigenvalue weighted by Crippen LogP contribution is 2.15. The Morgan fingerprint density at radius 1 is 1.19 bits per heavy atom. The quantitative estimate of drug-likeness (QED) is 0.693. The Balaban J connectivity index is 2.06. The molecule has 2 heterocycles. The molecule has 0 radical (unpaired) electrons. The zero-order chi connectivity index (χ0) is 14.8. The molecule has 0 atom stereocenters. The zero-order valence-corrected chi connectivity index (χ0v) is 12.0. The molecule has 0 saturated carbocycles. The minimum Gasteiger partial charge on any atom is -0.464 e. The topological polar surface area (TPSA) is 43.6 Å². The molecular formula is C17H16N2O2. The third-order valence-electron chi connectivity index (χ3n) is 3.50. The molecule has 21 heavy (non-hydrogen) atoms. The molecule has 4 heteroatoms. The van der Waals surface area contributed by atoms with E-state index in [1.807, 2.05) is 16.5 Å². The van der Waals surface area contributed by atoms with Gasteiger partial charge in [0.05, 0.1) is 18.8 Å². The van der Waals surface area contributed by atoms with Gasteiger partial charge in [-0.2, -0.15) is 0 Å². The molecule has 3 rings (SSSR count). The summed E-state index contributed by atoms with van der Waals surface area (Å²) >= 11 is 0. The number of nitrogens with zero attached hydrogens (tertiary/aromatic N) is 2. The first-order valence-corrected chi connectivity index (χ1v) is 6.78. The Kier molecular flexibility index (Phi) is 3.44. The van der Waals surface area contributed by atoms with E-state index in [0.717, 1.165) is 16.9 Å². The van der Waals surface area contributed by atoms with Crippen LogP contribution < -0.4 is 0 Å². The van der Waals surface area contributed by atoms with Crippen LogP contribution in [0.5, 0.6) is 0 Å².